The number of aromatic nitrogens is 3. The van der Waals surface area contributed by atoms with Gasteiger partial charge in [-0.05, 0) is 38.0 Å². The maximum atomic E-state index is 5.66. The van der Waals surface area contributed by atoms with Crippen molar-refractivity contribution in [1.82, 2.24) is 15.0 Å². The molecule has 1 aliphatic rings. The molecule has 0 aromatic carbocycles. The summed E-state index contributed by atoms with van der Waals surface area (Å²) in [4.78, 5) is 12.3. The SMILES string of the molecule is CCOc1nc(N)nc(NC2CCC(C)(C)CC2)n1. The number of nitrogens with one attached hydrogen (secondary N) is 1. The topological polar surface area (TPSA) is 86.0 Å². The molecule has 0 saturated heterocycles. The van der Waals surface area contributed by atoms with E-state index in [0.29, 0.717) is 24.0 Å². The highest BCUT2D eigenvalue weighted by atomic mass is 16.5. The van der Waals surface area contributed by atoms with E-state index in [0.717, 1.165) is 12.8 Å². The van der Waals surface area contributed by atoms with E-state index in [1.165, 1.54) is 12.8 Å². The van der Waals surface area contributed by atoms with Crippen molar-refractivity contribution in [3.05, 3.63) is 0 Å². The Labute approximate surface area is 114 Å². The number of nitrogens with two attached hydrogens (primary N) is 1. The van der Waals surface area contributed by atoms with Gasteiger partial charge in [0.1, 0.15) is 0 Å². The third-order valence-corrected chi connectivity index (χ3v) is 3.58. The zero-order chi connectivity index (χ0) is 13.9. The monoisotopic (exact) mass is 265 g/mol. The van der Waals surface area contributed by atoms with Gasteiger partial charge >= 0.3 is 6.01 Å². The first-order chi connectivity index (χ1) is 8.98. The standard InChI is InChI=1S/C13H23N5O/c1-4-19-12-17-10(14)16-11(18-12)15-9-5-7-13(2,3)8-6-9/h9H,4-8H2,1-3H3,(H3,14,15,16,17,18). The van der Waals surface area contributed by atoms with E-state index < -0.39 is 0 Å². The highest BCUT2D eigenvalue weighted by molar-refractivity contribution is 5.33. The summed E-state index contributed by atoms with van der Waals surface area (Å²) in [5, 5.41) is 3.34. The van der Waals surface area contributed by atoms with Gasteiger partial charge in [0, 0.05) is 6.04 Å². The minimum Gasteiger partial charge on any atom is -0.464 e. The average Bonchev–Trinajstić information content (AvgIpc) is 2.32. The van der Waals surface area contributed by atoms with Crippen LogP contribution in [0, 0.1) is 5.41 Å². The highest BCUT2D eigenvalue weighted by Crippen LogP contribution is 2.35. The third kappa shape index (κ3) is 3.94. The number of rotatable bonds is 4. The van der Waals surface area contributed by atoms with E-state index in [2.05, 4.69) is 34.1 Å². The molecule has 0 spiro atoms. The second kappa shape index (κ2) is 5.59. The molecule has 0 atom stereocenters. The fraction of sp³-hybridized carbons (Fsp3) is 0.769. The van der Waals surface area contributed by atoms with Crippen molar-refractivity contribution in [2.24, 2.45) is 5.41 Å². The first-order valence-corrected chi connectivity index (χ1v) is 6.89. The Morgan fingerprint density at radius 1 is 1.26 bits per heavy atom. The van der Waals surface area contributed by atoms with Crippen molar-refractivity contribution < 1.29 is 4.74 Å². The van der Waals surface area contributed by atoms with Crippen molar-refractivity contribution in [1.29, 1.82) is 0 Å². The number of anilines is 2. The van der Waals surface area contributed by atoms with Crippen LogP contribution in [-0.2, 0) is 0 Å². The molecular weight excluding hydrogens is 242 g/mol. The summed E-state index contributed by atoms with van der Waals surface area (Å²) < 4.78 is 5.27. The molecule has 6 nitrogen and oxygen atoms in total. The molecule has 1 aliphatic carbocycles. The molecule has 0 bridgehead atoms. The highest BCUT2D eigenvalue weighted by Gasteiger charge is 2.27. The van der Waals surface area contributed by atoms with E-state index in [1.54, 1.807) is 0 Å². The van der Waals surface area contributed by atoms with Crippen LogP contribution < -0.4 is 15.8 Å². The van der Waals surface area contributed by atoms with Gasteiger partial charge in [-0.25, -0.2) is 0 Å². The molecule has 6 heteroatoms. The van der Waals surface area contributed by atoms with Gasteiger partial charge in [-0.15, -0.1) is 0 Å². The van der Waals surface area contributed by atoms with Gasteiger partial charge in [0.05, 0.1) is 6.61 Å². The Kier molecular flexibility index (Phi) is 4.07. The van der Waals surface area contributed by atoms with Crippen LogP contribution in [-0.4, -0.2) is 27.6 Å². The number of nitrogens with zero attached hydrogens (tertiary/aromatic N) is 3. The van der Waals surface area contributed by atoms with Gasteiger partial charge in [0.2, 0.25) is 11.9 Å². The molecule has 0 unspecified atom stereocenters. The summed E-state index contributed by atoms with van der Waals surface area (Å²) in [6.45, 7) is 7.03. The van der Waals surface area contributed by atoms with Gasteiger partial charge < -0.3 is 15.8 Å². The molecule has 0 radical (unpaired) electrons. The number of ether oxygens (including phenoxy) is 1. The lowest BCUT2D eigenvalue weighted by Crippen LogP contribution is -2.30. The zero-order valence-corrected chi connectivity index (χ0v) is 11.9. The molecule has 1 aromatic heterocycles. The number of hydrogen-bond donors (Lipinski definition) is 2. The van der Waals surface area contributed by atoms with Crippen LogP contribution in [0.4, 0.5) is 11.9 Å². The van der Waals surface area contributed by atoms with Gasteiger partial charge in [-0.1, -0.05) is 13.8 Å². The smallest absolute Gasteiger partial charge is 0.323 e. The molecule has 1 heterocycles. The minimum atomic E-state index is 0.192. The van der Waals surface area contributed by atoms with Gasteiger partial charge in [0.25, 0.3) is 0 Å². The predicted molar refractivity (Wildman–Crippen MR) is 75.1 cm³/mol. The summed E-state index contributed by atoms with van der Waals surface area (Å²) in [6, 6.07) is 0.693. The predicted octanol–water partition coefficient (Wildman–Crippen LogP) is 2.23. The second-order valence-electron chi connectivity index (χ2n) is 5.82. The van der Waals surface area contributed by atoms with Crippen LogP contribution in [0.2, 0.25) is 0 Å². The summed E-state index contributed by atoms with van der Waals surface area (Å²) in [5.74, 6) is 0.706. The summed E-state index contributed by atoms with van der Waals surface area (Å²) >= 11 is 0. The van der Waals surface area contributed by atoms with Crippen LogP contribution >= 0.6 is 0 Å². The fourth-order valence-corrected chi connectivity index (χ4v) is 2.36. The first-order valence-electron chi connectivity index (χ1n) is 6.89. The van der Waals surface area contributed by atoms with E-state index in [9.17, 15) is 0 Å². The van der Waals surface area contributed by atoms with Crippen molar-refractivity contribution in [3.63, 3.8) is 0 Å². The van der Waals surface area contributed by atoms with Crippen molar-refractivity contribution in [2.75, 3.05) is 17.7 Å². The van der Waals surface area contributed by atoms with Gasteiger partial charge in [0.15, 0.2) is 0 Å². The van der Waals surface area contributed by atoms with Crippen molar-refractivity contribution in [3.8, 4) is 6.01 Å². The van der Waals surface area contributed by atoms with Crippen LogP contribution in [0.15, 0.2) is 0 Å². The third-order valence-electron chi connectivity index (χ3n) is 3.58. The largest absolute Gasteiger partial charge is 0.464 e. The lowest BCUT2D eigenvalue weighted by atomic mass is 9.76. The molecule has 1 aromatic rings. The van der Waals surface area contributed by atoms with Crippen LogP contribution in [0.3, 0.4) is 0 Å². The molecule has 106 valence electrons. The Morgan fingerprint density at radius 2 is 1.95 bits per heavy atom. The van der Waals surface area contributed by atoms with Crippen LogP contribution in [0.5, 0.6) is 6.01 Å². The lowest BCUT2D eigenvalue weighted by Gasteiger charge is -2.34. The first kappa shape index (κ1) is 13.8. The number of nitrogen functional groups attached to an aromatic ring is 1. The Morgan fingerprint density at radius 3 is 2.58 bits per heavy atom. The summed E-state index contributed by atoms with van der Waals surface area (Å²) in [7, 11) is 0. The van der Waals surface area contributed by atoms with E-state index in [1.807, 2.05) is 6.92 Å². The number of hydrogen-bond acceptors (Lipinski definition) is 6. The molecule has 19 heavy (non-hydrogen) atoms. The van der Waals surface area contributed by atoms with E-state index in [-0.39, 0.29) is 12.0 Å². The van der Waals surface area contributed by atoms with E-state index >= 15 is 0 Å². The molecule has 2 rings (SSSR count). The quantitative estimate of drug-likeness (QED) is 0.868. The van der Waals surface area contributed by atoms with Crippen molar-refractivity contribution in [2.45, 2.75) is 52.5 Å². The summed E-state index contributed by atoms with van der Waals surface area (Å²) in [5.41, 5.74) is 6.11. The fourth-order valence-electron chi connectivity index (χ4n) is 2.36. The molecule has 1 saturated carbocycles. The Hall–Kier alpha value is -1.59. The molecule has 1 fully saturated rings. The second-order valence-corrected chi connectivity index (χ2v) is 5.82. The van der Waals surface area contributed by atoms with E-state index in [4.69, 9.17) is 10.5 Å². The van der Waals surface area contributed by atoms with Crippen LogP contribution in [0.25, 0.3) is 0 Å². The Balaban J connectivity index is 1.99. The zero-order valence-electron chi connectivity index (χ0n) is 11.9. The average molecular weight is 265 g/mol. The maximum Gasteiger partial charge on any atom is 0.323 e. The van der Waals surface area contributed by atoms with Gasteiger partial charge in [-0.2, -0.15) is 15.0 Å². The molecule has 0 aliphatic heterocycles. The minimum absolute atomic E-state index is 0.192. The molecule has 3 N–H and O–H groups in total. The molecular formula is C13H23N5O. The lowest BCUT2D eigenvalue weighted by molar-refractivity contribution is 0.232. The Bertz CT molecular complexity index is 425. The molecule has 0 amide bonds. The normalized spacial score (nSPS) is 19.1. The van der Waals surface area contributed by atoms with Crippen molar-refractivity contribution >= 4 is 11.9 Å². The van der Waals surface area contributed by atoms with Crippen LogP contribution in [0.1, 0.15) is 46.5 Å². The summed E-state index contributed by atoms with van der Waals surface area (Å²) in [6.07, 6.45) is 4.68. The maximum absolute atomic E-state index is 5.66. The van der Waals surface area contributed by atoms with Gasteiger partial charge in [-0.3, -0.25) is 0 Å².